The molecule has 1 saturated heterocycles. The fourth-order valence-electron chi connectivity index (χ4n) is 6.28. The van der Waals surface area contributed by atoms with E-state index >= 15 is 0 Å². The Morgan fingerprint density at radius 3 is 2.38 bits per heavy atom. The largest absolute Gasteiger partial charge is 0.446 e. The van der Waals surface area contributed by atoms with Crippen molar-refractivity contribution in [3.63, 3.8) is 0 Å². The lowest BCUT2D eigenvalue weighted by atomic mass is 9.85. The molecule has 3 N–H and O–H groups in total. The Kier molecular flexibility index (Phi) is 9.05. The van der Waals surface area contributed by atoms with E-state index in [1.54, 1.807) is 0 Å². The monoisotopic (exact) mass is 680 g/mol. The Morgan fingerprint density at radius 1 is 1.04 bits per heavy atom. The van der Waals surface area contributed by atoms with Gasteiger partial charge in [-0.15, -0.1) is 6.58 Å². The molecule has 3 aliphatic carbocycles. The number of nitrogens with one attached hydrogen (secondary N) is 3. The molecule has 0 spiro atoms. The maximum Gasteiger partial charge on any atom is 0.408 e. The standard InChI is InChI=1S/C35H44N4O8S/c1-5-24-18-35(24,32(42)38-48(44,45)27-14-15-27)37-30(40)28-17-26(46-20-21-10-11-22-8-6-7-9-23(22)16-21)19-39(28)31(41)29(34(2,3)4)36-33(43)47-25-12-13-25/h5-11,16,24-29H,1,12-15,17-20H2,2-4H3,(H,36,43)(H,37,40)(H,38,42)/t24-,26-,28+,29-,35+/m1/s1. The molecule has 3 saturated carbocycles. The van der Waals surface area contributed by atoms with Gasteiger partial charge in [0.15, 0.2) is 0 Å². The van der Waals surface area contributed by atoms with Crippen LogP contribution in [0.25, 0.3) is 10.8 Å². The van der Waals surface area contributed by atoms with Crippen LogP contribution in [0.1, 0.15) is 64.9 Å². The molecule has 0 unspecified atom stereocenters. The van der Waals surface area contributed by atoms with Gasteiger partial charge in [0.05, 0.1) is 18.0 Å². The molecular weight excluding hydrogens is 636 g/mol. The number of fused-ring (bicyclic) bond motifs is 1. The number of alkyl carbamates (subject to hydrolysis) is 1. The number of hydrogen-bond donors (Lipinski definition) is 3. The molecule has 0 aromatic heterocycles. The highest BCUT2D eigenvalue weighted by Crippen LogP contribution is 2.45. The quantitative estimate of drug-likeness (QED) is 0.288. The lowest BCUT2D eigenvalue weighted by molar-refractivity contribution is -0.143. The van der Waals surface area contributed by atoms with Crippen molar-refractivity contribution in [2.24, 2.45) is 11.3 Å². The number of sulfonamides is 1. The number of likely N-dealkylation sites (tertiary alicyclic amines) is 1. The Balaban J connectivity index is 1.22. The lowest BCUT2D eigenvalue weighted by Gasteiger charge is -2.35. The maximum atomic E-state index is 14.3. The Bertz CT molecular complexity index is 1730. The van der Waals surface area contributed by atoms with Gasteiger partial charge in [0.1, 0.15) is 23.7 Å². The van der Waals surface area contributed by atoms with E-state index < -0.39 is 74.1 Å². The van der Waals surface area contributed by atoms with Crippen LogP contribution in [0.4, 0.5) is 4.79 Å². The van der Waals surface area contributed by atoms with Crippen molar-refractivity contribution in [2.45, 2.75) is 101 Å². The summed E-state index contributed by atoms with van der Waals surface area (Å²) in [7, 11) is -3.86. The normalized spacial score (nSPS) is 26.0. The van der Waals surface area contributed by atoms with E-state index in [0.717, 1.165) is 29.2 Å². The Labute approximate surface area is 281 Å². The van der Waals surface area contributed by atoms with Crippen molar-refractivity contribution < 1.29 is 37.1 Å². The molecule has 0 radical (unpaired) electrons. The molecule has 0 bridgehead atoms. The summed E-state index contributed by atoms with van der Waals surface area (Å²) in [6.45, 7) is 9.50. The van der Waals surface area contributed by atoms with Crippen molar-refractivity contribution in [1.82, 2.24) is 20.3 Å². The molecule has 2 aromatic rings. The number of carbonyl (C=O) groups is 4. The molecule has 5 atom stereocenters. The third-order valence-corrected chi connectivity index (χ3v) is 11.4. The van der Waals surface area contributed by atoms with E-state index in [4.69, 9.17) is 9.47 Å². The number of carbonyl (C=O) groups excluding carboxylic acids is 4. The molecule has 258 valence electrons. The summed E-state index contributed by atoms with van der Waals surface area (Å²) in [6.07, 6.45) is 2.92. The van der Waals surface area contributed by atoms with Gasteiger partial charge < -0.3 is 25.0 Å². The topological polar surface area (TPSA) is 160 Å². The lowest BCUT2D eigenvalue weighted by Crippen LogP contribution is -2.60. The molecular formula is C35H44N4O8S. The van der Waals surface area contributed by atoms with E-state index in [0.29, 0.717) is 12.8 Å². The number of ether oxygens (including phenoxy) is 2. The van der Waals surface area contributed by atoms with Crippen molar-refractivity contribution in [3.8, 4) is 0 Å². The second-order valence-electron chi connectivity index (χ2n) is 14.6. The molecule has 13 heteroatoms. The maximum absolute atomic E-state index is 14.3. The van der Waals surface area contributed by atoms with E-state index in [-0.39, 0.29) is 32.1 Å². The van der Waals surface area contributed by atoms with Gasteiger partial charge in [-0.25, -0.2) is 13.2 Å². The SMILES string of the molecule is C=C[C@@H]1C[C@@]1(NC(=O)[C@@H]1C[C@@H](OCc2ccc3ccccc3c2)CN1C(=O)[C@@H](NC(=O)OC1CC1)C(C)(C)C)C(=O)NS(=O)(=O)C1CC1. The molecule has 12 nitrogen and oxygen atoms in total. The second-order valence-corrected chi connectivity index (χ2v) is 16.5. The fourth-order valence-corrected chi connectivity index (χ4v) is 7.64. The minimum atomic E-state index is -3.86. The van der Waals surface area contributed by atoms with Crippen LogP contribution in [0.15, 0.2) is 55.1 Å². The van der Waals surface area contributed by atoms with Gasteiger partial charge in [0, 0.05) is 18.9 Å². The highest BCUT2D eigenvalue weighted by atomic mass is 32.2. The molecule has 4 fully saturated rings. The summed E-state index contributed by atoms with van der Waals surface area (Å²) in [5.41, 5.74) is -1.32. The summed E-state index contributed by atoms with van der Waals surface area (Å²) >= 11 is 0. The number of nitrogens with zero attached hydrogens (tertiary/aromatic N) is 1. The zero-order valence-corrected chi connectivity index (χ0v) is 28.4. The van der Waals surface area contributed by atoms with Gasteiger partial charge in [-0.05, 0) is 59.9 Å². The van der Waals surface area contributed by atoms with Crippen LogP contribution in [0.3, 0.4) is 0 Å². The fraction of sp³-hybridized carbons (Fsp3) is 0.543. The number of amides is 4. The second kappa shape index (κ2) is 12.8. The number of hydrogen-bond acceptors (Lipinski definition) is 8. The average molecular weight is 681 g/mol. The third-order valence-electron chi connectivity index (χ3n) is 9.57. The van der Waals surface area contributed by atoms with Crippen LogP contribution < -0.4 is 15.4 Å². The summed E-state index contributed by atoms with van der Waals surface area (Å²) < 4.78 is 39.0. The van der Waals surface area contributed by atoms with Gasteiger partial charge in [-0.3, -0.25) is 19.1 Å². The zero-order valence-electron chi connectivity index (χ0n) is 27.6. The van der Waals surface area contributed by atoms with E-state index in [2.05, 4.69) is 21.9 Å². The molecule has 4 amide bonds. The Hall–Kier alpha value is -3.97. The number of benzene rings is 2. The van der Waals surface area contributed by atoms with Crippen LogP contribution in [0, 0.1) is 11.3 Å². The summed E-state index contributed by atoms with van der Waals surface area (Å²) in [4.78, 5) is 55.8. The van der Waals surface area contributed by atoms with Gasteiger partial charge in [-0.2, -0.15) is 0 Å². The molecule has 1 heterocycles. The van der Waals surface area contributed by atoms with Crippen molar-refractivity contribution in [2.75, 3.05) is 6.54 Å². The minimum absolute atomic E-state index is 0.0660. The smallest absolute Gasteiger partial charge is 0.408 e. The first-order chi connectivity index (χ1) is 22.7. The van der Waals surface area contributed by atoms with Gasteiger partial charge >= 0.3 is 6.09 Å². The third kappa shape index (κ3) is 7.36. The van der Waals surface area contributed by atoms with Gasteiger partial charge in [0.2, 0.25) is 21.8 Å². The average Bonchev–Trinajstić information content (AvgIpc) is 3.93. The first kappa shape index (κ1) is 33.9. The van der Waals surface area contributed by atoms with E-state index in [1.807, 2.05) is 63.2 Å². The molecule has 48 heavy (non-hydrogen) atoms. The molecule has 4 aliphatic rings. The minimum Gasteiger partial charge on any atom is -0.446 e. The molecule has 6 rings (SSSR count). The van der Waals surface area contributed by atoms with Gasteiger partial charge in [0.25, 0.3) is 5.91 Å². The molecule has 1 aliphatic heterocycles. The summed E-state index contributed by atoms with van der Waals surface area (Å²) in [5.74, 6) is -2.40. The summed E-state index contributed by atoms with van der Waals surface area (Å²) in [6, 6.07) is 11.9. The van der Waals surface area contributed by atoms with Crippen molar-refractivity contribution in [3.05, 3.63) is 60.7 Å². The zero-order chi connectivity index (χ0) is 34.4. The first-order valence-electron chi connectivity index (χ1n) is 16.6. The highest BCUT2D eigenvalue weighted by molar-refractivity contribution is 7.91. The van der Waals surface area contributed by atoms with Crippen LogP contribution in [-0.4, -0.2) is 78.8 Å². The molecule has 2 aromatic carbocycles. The van der Waals surface area contributed by atoms with Crippen molar-refractivity contribution >= 4 is 44.6 Å². The van der Waals surface area contributed by atoms with Crippen LogP contribution in [0.2, 0.25) is 0 Å². The van der Waals surface area contributed by atoms with E-state index in [1.165, 1.54) is 11.0 Å². The van der Waals surface area contributed by atoms with Crippen molar-refractivity contribution in [1.29, 1.82) is 0 Å². The summed E-state index contributed by atoms with van der Waals surface area (Å²) in [5, 5.41) is 7.05. The van der Waals surface area contributed by atoms with Crippen LogP contribution >= 0.6 is 0 Å². The van der Waals surface area contributed by atoms with E-state index in [9.17, 15) is 27.6 Å². The Morgan fingerprint density at radius 2 is 1.75 bits per heavy atom. The number of rotatable bonds is 12. The van der Waals surface area contributed by atoms with Gasteiger partial charge in [-0.1, -0.05) is 63.2 Å². The van der Waals surface area contributed by atoms with Crippen LogP contribution in [-0.2, 0) is 40.5 Å². The van der Waals surface area contributed by atoms with Crippen LogP contribution in [0.5, 0.6) is 0 Å². The predicted molar refractivity (Wildman–Crippen MR) is 178 cm³/mol. The predicted octanol–water partition coefficient (Wildman–Crippen LogP) is 3.30. The first-order valence-corrected chi connectivity index (χ1v) is 18.1. The highest BCUT2D eigenvalue weighted by Gasteiger charge is 2.62.